The highest BCUT2D eigenvalue weighted by Gasteiger charge is 2.26. The molecule has 0 aliphatic carbocycles. The zero-order valence-corrected chi connectivity index (χ0v) is 10.4. The molecule has 0 aliphatic heterocycles. The fourth-order valence-corrected chi connectivity index (χ4v) is 2.42. The Hall–Kier alpha value is -1.41. The number of rotatable bonds is 6. The van der Waals surface area contributed by atoms with Crippen molar-refractivity contribution in [3.8, 4) is 0 Å². The Labute approximate surface area is 99.3 Å². The SMILES string of the molecule is CC(C)CC(NS(=O)(=O)c1cn[nH]c1)C(=O)O. The highest BCUT2D eigenvalue weighted by Crippen LogP contribution is 2.10. The topological polar surface area (TPSA) is 112 Å². The van der Waals surface area contributed by atoms with Crippen LogP contribution >= 0.6 is 0 Å². The number of H-pyrrole nitrogens is 1. The van der Waals surface area contributed by atoms with E-state index in [4.69, 9.17) is 5.11 Å². The highest BCUT2D eigenvalue weighted by atomic mass is 32.2. The van der Waals surface area contributed by atoms with Gasteiger partial charge in [-0.2, -0.15) is 9.82 Å². The summed E-state index contributed by atoms with van der Waals surface area (Å²) < 4.78 is 25.6. The van der Waals surface area contributed by atoms with E-state index < -0.39 is 22.0 Å². The van der Waals surface area contributed by atoms with Crippen molar-refractivity contribution >= 4 is 16.0 Å². The Bertz CT molecular complexity index is 466. The van der Waals surface area contributed by atoms with E-state index in [1.165, 1.54) is 6.20 Å². The smallest absolute Gasteiger partial charge is 0.321 e. The van der Waals surface area contributed by atoms with Gasteiger partial charge >= 0.3 is 5.97 Å². The number of nitrogens with one attached hydrogen (secondary N) is 2. The lowest BCUT2D eigenvalue weighted by molar-refractivity contribution is -0.139. The molecular weight excluding hydrogens is 246 g/mol. The summed E-state index contributed by atoms with van der Waals surface area (Å²) in [4.78, 5) is 10.9. The lowest BCUT2D eigenvalue weighted by Gasteiger charge is -2.15. The van der Waals surface area contributed by atoms with E-state index in [9.17, 15) is 13.2 Å². The van der Waals surface area contributed by atoms with Gasteiger partial charge < -0.3 is 5.11 Å². The lowest BCUT2D eigenvalue weighted by Crippen LogP contribution is -2.41. The minimum Gasteiger partial charge on any atom is -0.480 e. The zero-order valence-electron chi connectivity index (χ0n) is 9.54. The van der Waals surface area contributed by atoms with Gasteiger partial charge in [-0.15, -0.1) is 0 Å². The lowest BCUT2D eigenvalue weighted by atomic mass is 10.1. The van der Waals surface area contributed by atoms with Crippen LogP contribution in [-0.2, 0) is 14.8 Å². The summed E-state index contributed by atoms with van der Waals surface area (Å²) in [5, 5.41) is 14.8. The van der Waals surface area contributed by atoms with Crippen molar-refractivity contribution in [2.75, 3.05) is 0 Å². The van der Waals surface area contributed by atoms with E-state index in [-0.39, 0.29) is 17.2 Å². The molecule has 3 N–H and O–H groups in total. The van der Waals surface area contributed by atoms with Crippen molar-refractivity contribution in [3.05, 3.63) is 12.4 Å². The van der Waals surface area contributed by atoms with Gasteiger partial charge in [-0.1, -0.05) is 13.8 Å². The van der Waals surface area contributed by atoms with Crippen LogP contribution in [0.3, 0.4) is 0 Å². The fraction of sp³-hybridized carbons (Fsp3) is 0.556. The Kier molecular flexibility index (Phi) is 4.24. The maximum atomic E-state index is 11.8. The van der Waals surface area contributed by atoms with Gasteiger partial charge in [0.25, 0.3) is 0 Å². The molecular formula is C9H15N3O4S. The van der Waals surface area contributed by atoms with Crippen LogP contribution in [0.5, 0.6) is 0 Å². The number of hydrogen-bond acceptors (Lipinski definition) is 4. The van der Waals surface area contributed by atoms with Gasteiger partial charge in [-0.05, 0) is 12.3 Å². The summed E-state index contributed by atoms with van der Waals surface area (Å²) in [6, 6.07) is -1.13. The Balaban J connectivity index is 2.84. The molecule has 1 aromatic heterocycles. The number of sulfonamides is 1. The first-order chi connectivity index (χ1) is 7.83. The van der Waals surface area contributed by atoms with Gasteiger partial charge in [0.2, 0.25) is 10.0 Å². The molecule has 1 atom stereocenters. The van der Waals surface area contributed by atoms with Crippen molar-refractivity contribution in [2.45, 2.75) is 31.2 Å². The molecule has 0 bridgehead atoms. The number of hydrogen-bond donors (Lipinski definition) is 3. The third kappa shape index (κ3) is 3.82. The van der Waals surface area contributed by atoms with Crippen LogP contribution in [0.1, 0.15) is 20.3 Å². The van der Waals surface area contributed by atoms with Gasteiger partial charge in [0, 0.05) is 6.20 Å². The van der Waals surface area contributed by atoms with E-state index in [2.05, 4.69) is 14.9 Å². The fourth-order valence-electron chi connectivity index (χ4n) is 1.31. The molecule has 96 valence electrons. The second kappa shape index (κ2) is 5.28. The van der Waals surface area contributed by atoms with Crippen LogP contribution < -0.4 is 4.72 Å². The number of carboxylic acid groups (broad SMARTS) is 1. The van der Waals surface area contributed by atoms with Crippen LogP contribution in [0.4, 0.5) is 0 Å². The number of aromatic amines is 1. The van der Waals surface area contributed by atoms with E-state index in [1.807, 2.05) is 13.8 Å². The zero-order chi connectivity index (χ0) is 13.1. The Morgan fingerprint density at radius 1 is 1.59 bits per heavy atom. The third-order valence-electron chi connectivity index (χ3n) is 2.09. The molecule has 0 amide bonds. The van der Waals surface area contributed by atoms with Crippen molar-refractivity contribution in [2.24, 2.45) is 5.92 Å². The predicted molar refractivity (Wildman–Crippen MR) is 59.8 cm³/mol. The first-order valence-corrected chi connectivity index (χ1v) is 6.55. The maximum absolute atomic E-state index is 11.8. The summed E-state index contributed by atoms with van der Waals surface area (Å²) in [5.74, 6) is -1.12. The summed E-state index contributed by atoms with van der Waals surface area (Å²) in [6.07, 6.45) is 2.54. The standard InChI is InChI=1S/C9H15N3O4S/c1-6(2)3-8(9(13)14)12-17(15,16)7-4-10-11-5-7/h4-6,8,12H,3H2,1-2H3,(H,10,11)(H,13,14). The minimum atomic E-state index is -3.83. The molecule has 1 aromatic rings. The number of aliphatic carboxylic acids is 1. The number of nitrogens with zero attached hydrogens (tertiary/aromatic N) is 1. The predicted octanol–water partition coefficient (Wildman–Crippen LogP) is 0.187. The molecule has 1 heterocycles. The van der Waals surface area contributed by atoms with E-state index in [0.29, 0.717) is 0 Å². The third-order valence-corrected chi connectivity index (χ3v) is 3.52. The molecule has 0 saturated carbocycles. The minimum absolute atomic E-state index is 0.0724. The van der Waals surface area contributed by atoms with Crippen LogP contribution in [0, 0.1) is 5.92 Å². The molecule has 0 fully saturated rings. The molecule has 17 heavy (non-hydrogen) atoms. The van der Waals surface area contributed by atoms with Crippen molar-refractivity contribution < 1.29 is 18.3 Å². The number of carbonyl (C=O) groups is 1. The van der Waals surface area contributed by atoms with Crippen LogP contribution in [0.2, 0.25) is 0 Å². The average molecular weight is 261 g/mol. The number of aromatic nitrogens is 2. The molecule has 0 aliphatic rings. The molecule has 1 rings (SSSR count). The van der Waals surface area contributed by atoms with E-state index >= 15 is 0 Å². The normalized spacial score (nSPS) is 13.8. The van der Waals surface area contributed by atoms with Gasteiger partial charge in [0.05, 0.1) is 6.20 Å². The summed E-state index contributed by atoms with van der Waals surface area (Å²) in [6.45, 7) is 3.64. The second-order valence-corrected chi connectivity index (χ2v) is 5.79. The van der Waals surface area contributed by atoms with Crippen molar-refractivity contribution in [1.29, 1.82) is 0 Å². The van der Waals surface area contributed by atoms with E-state index in [0.717, 1.165) is 6.20 Å². The summed E-state index contributed by atoms with van der Waals surface area (Å²) in [7, 11) is -3.83. The Morgan fingerprint density at radius 3 is 2.65 bits per heavy atom. The quantitative estimate of drug-likeness (QED) is 0.676. The molecule has 1 unspecified atom stereocenters. The maximum Gasteiger partial charge on any atom is 0.321 e. The molecule has 7 nitrogen and oxygen atoms in total. The molecule has 0 spiro atoms. The van der Waals surface area contributed by atoms with Crippen LogP contribution in [-0.4, -0.2) is 35.7 Å². The molecule has 8 heteroatoms. The van der Waals surface area contributed by atoms with E-state index in [1.54, 1.807) is 0 Å². The Morgan fingerprint density at radius 2 is 2.24 bits per heavy atom. The first-order valence-electron chi connectivity index (χ1n) is 5.07. The molecule has 0 saturated heterocycles. The van der Waals surface area contributed by atoms with Gasteiger partial charge in [-0.25, -0.2) is 8.42 Å². The van der Waals surface area contributed by atoms with Crippen LogP contribution in [0.15, 0.2) is 17.3 Å². The van der Waals surface area contributed by atoms with Crippen LogP contribution in [0.25, 0.3) is 0 Å². The highest BCUT2D eigenvalue weighted by molar-refractivity contribution is 7.89. The second-order valence-electron chi connectivity index (χ2n) is 4.08. The van der Waals surface area contributed by atoms with Gasteiger partial charge in [0.1, 0.15) is 10.9 Å². The first kappa shape index (κ1) is 13.7. The summed E-state index contributed by atoms with van der Waals surface area (Å²) >= 11 is 0. The van der Waals surface area contributed by atoms with Gasteiger partial charge in [0.15, 0.2) is 0 Å². The van der Waals surface area contributed by atoms with Gasteiger partial charge in [-0.3, -0.25) is 9.89 Å². The van der Waals surface area contributed by atoms with Crippen molar-refractivity contribution in [1.82, 2.24) is 14.9 Å². The molecule has 0 aromatic carbocycles. The summed E-state index contributed by atoms with van der Waals surface area (Å²) in [5.41, 5.74) is 0. The average Bonchev–Trinajstić information content (AvgIpc) is 2.68. The van der Waals surface area contributed by atoms with Crippen molar-refractivity contribution in [3.63, 3.8) is 0 Å². The monoisotopic (exact) mass is 261 g/mol. The number of carboxylic acids is 1. The molecule has 0 radical (unpaired) electrons. The largest absolute Gasteiger partial charge is 0.480 e.